The van der Waals surface area contributed by atoms with Gasteiger partial charge in [0, 0.05) is 37.3 Å². The van der Waals surface area contributed by atoms with Crippen molar-refractivity contribution in [3.8, 4) is 11.3 Å². The molecule has 1 aromatic heterocycles. The lowest BCUT2D eigenvalue weighted by molar-refractivity contribution is -0.130. The van der Waals surface area contributed by atoms with Gasteiger partial charge >= 0.3 is 0 Å². The van der Waals surface area contributed by atoms with Crippen LogP contribution < -0.4 is 5.73 Å². The molecule has 2 rings (SSSR count). The highest BCUT2D eigenvalue weighted by Gasteiger charge is 2.10. The fourth-order valence-corrected chi connectivity index (χ4v) is 2.42. The van der Waals surface area contributed by atoms with Gasteiger partial charge in [0.05, 0.1) is 5.69 Å². The number of benzene rings is 1. The molecule has 1 unspecified atom stereocenters. The Morgan fingerprint density at radius 1 is 1.35 bits per heavy atom. The van der Waals surface area contributed by atoms with E-state index >= 15 is 0 Å². The average Bonchev–Trinajstić information content (AvgIpc) is 3.02. The summed E-state index contributed by atoms with van der Waals surface area (Å²) in [4.78, 5) is 13.7. The molecule has 124 valence electrons. The number of aromatic amines is 1. The predicted octanol–water partition coefficient (Wildman–Crippen LogP) is 2.60. The first-order valence-corrected chi connectivity index (χ1v) is 8.15. The van der Waals surface area contributed by atoms with Crippen LogP contribution in [-0.2, 0) is 11.2 Å². The zero-order chi connectivity index (χ0) is 16.7. The summed E-state index contributed by atoms with van der Waals surface area (Å²) >= 11 is 0. The van der Waals surface area contributed by atoms with Gasteiger partial charge in [-0.2, -0.15) is 5.10 Å². The Morgan fingerprint density at radius 2 is 2.09 bits per heavy atom. The van der Waals surface area contributed by atoms with Crippen molar-refractivity contribution in [3.63, 3.8) is 0 Å². The van der Waals surface area contributed by atoms with Crippen LogP contribution in [0.4, 0.5) is 0 Å². The summed E-state index contributed by atoms with van der Waals surface area (Å²) in [7, 11) is 1.85. The Bertz CT molecular complexity index is 606. The number of H-pyrrole nitrogens is 1. The Hall–Kier alpha value is -2.14. The maximum Gasteiger partial charge on any atom is 0.222 e. The Balaban J connectivity index is 1.76. The number of carbonyl (C=O) groups is 1. The smallest absolute Gasteiger partial charge is 0.222 e. The van der Waals surface area contributed by atoms with E-state index < -0.39 is 0 Å². The lowest BCUT2D eigenvalue weighted by Gasteiger charge is -2.17. The molecule has 1 amide bonds. The zero-order valence-corrected chi connectivity index (χ0v) is 14.0. The molecule has 0 spiro atoms. The molecule has 0 aliphatic heterocycles. The third-order valence-electron chi connectivity index (χ3n) is 3.88. The van der Waals surface area contributed by atoms with E-state index in [0.717, 1.165) is 42.8 Å². The lowest BCUT2D eigenvalue weighted by atomic mass is 10.1. The molecule has 2 aromatic rings. The van der Waals surface area contributed by atoms with Crippen molar-refractivity contribution in [1.82, 2.24) is 15.1 Å². The molecule has 1 atom stereocenters. The van der Waals surface area contributed by atoms with E-state index in [4.69, 9.17) is 5.73 Å². The number of aromatic nitrogens is 2. The van der Waals surface area contributed by atoms with Crippen molar-refractivity contribution in [2.45, 2.75) is 38.6 Å². The maximum absolute atomic E-state index is 11.9. The van der Waals surface area contributed by atoms with E-state index in [0.29, 0.717) is 6.42 Å². The van der Waals surface area contributed by atoms with Crippen molar-refractivity contribution in [2.75, 3.05) is 13.6 Å². The van der Waals surface area contributed by atoms with E-state index in [1.165, 1.54) is 0 Å². The number of hydrogen-bond acceptors (Lipinski definition) is 3. The molecule has 0 aliphatic carbocycles. The molecule has 0 bridgehead atoms. The molecular formula is C18H26N4O. The first kappa shape index (κ1) is 17.2. The second-order valence-electron chi connectivity index (χ2n) is 6.08. The second-order valence-corrected chi connectivity index (χ2v) is 6.08. The normalized spacial score (nSPS) is 12.1. The SMILES string of the molecule is CC(N)CCC(=O)N(C)CCCc1cc(-c2ccccc2)n[nH]1. The average molecular weight is 314 g/mol. The molecule has 0 radical (unpaired) electrons. The third kappa shape index (κ3) is 5.53. The lowest BCUT2D eigenvalue weighted by Crippen LogP contribution is -2.29. The summed E-state index contributed by atoms with van der Waals surface area (Å²) in [5.74, 6) is 0.164. The highest BCUT2D eigenvalue weighted by Crippen LogP contribution is 2.17. The van der Waals surface area contributed by atoms with Gasteiger partial charge in [0.25, 0.3) is 0 Å². The predicted molar refractivity (Wildman–Crippen MR) is 92.9 cm³/mol. The molecule has 0 saturated carbocycles. The Kier molecular flexibility index (Phi) is 6.35. The van der Waals surface area contributed by atoms with Gasteiger partial charge in [0.1, 0.15) is 0 Å². The van der Waals surface area contributed by atoms with E-state index in [-0.39, 0.29) is 11.9 Å². The monoisotopic (exact) mass is 314 g/mol. The highest BCUT2D eigenvalue weighted by atomic mass is 16.2. The van der Waals surface area contributed by atoms with E-state index in [2.05, 4.69) is 16.3 Å². The minimum atomic E-state index is 0.0775. The largest absolute Gasteiger partial charge is 0.346 e. The van der Waals surface area contributed by atoms with Crippen molar-refractivity contribution < 1.29 is 4.79 Å². The van der Waals surface area contributed by atoms with Crippen molar-refractivity contribution in [2.24, 2.45) is 5.73 Å². The van der Waals surface area contributed by atoms with Gasteiger partial charge in [-0.25, -0.2) is 0 Å². The van der Waals surface area contributed by atoms with E-state index in [1.54, 1.807) is 4.90 Å². The highest BCUT2D eigenvalue weighted by molar-refractivity contribution is 5.75. The molecule has 0 fully saturated rings. The summed E-state index contributed by atoms with van der Waals surface area (Å²) in [5, 5.41) is 7.43. The first-order chi connectivity index (χ1) is 11.1. The van der Waals surface area contributed by atoms with Gasteiger partial charge in [0.2, 0.25) is 5.91 Å². The number of hydrogen-bond donors (Lipinski definition) is 2. The summed E-state index contributed by atoms with van der Waals surface area (Å²) in [5.41, 5.74) is 8.85. The third-order valence-corrected chi connectivity index (χ3v) is 3.88. The Morgan fingerprint density at radius 3 is 2.78 bits per heavy atom. The molecule has 1 heterocycles. The minimum absolute atomic E-state index is 0.0775. The second kappa shape index (κ2) is 8.48. The van der Waals surface area contributed by atoms with Gasteiger partial charge < -0.3 is 10.6 Å². The van der Waals surface area contributed by atoms with Crippen LogP contribution in [0.5, 0.6) is 0 Å². The molecule has 5 heteroatoms. The number of amides is 1. The molecule has 0 saturated heterocycles. The molecule has 5 nitrogen and oxygen atoms in total. The van der Waals surface area contributed by atoms with Gasteiger partial charge in [-0.15, -0.1) is 0 Å². The fraction of sp³-hybridized carbons (Fsp3) is 0.444. The van der Waals surface area contributed by atoms with Crippen LogP contribution in [-0.4, -0.2) is 40.6 Å². The molecule has 3 N–H and O–H groups in total. The number of nitrogens with one attached hydrogen (secondary N) is 1. The number of aryl methyl sites for hydroxylation is 1. The van der Waals surface area contributed by atoms with Crippen LogP contribution in [0.1, 0.15) is 31.9 Å². The van der Waals surface area contributed by atoms with Gasteiger partial charge in [-0.05, 0) is 32.3 Å². The number of nitrogens with two attached hydrogens (primary N) is 1. The molecule has 0 aliphatic rings. The first-order valence-electron chi connectivity index (χ1n) is 8.15. The zero-order valence-electron chi connectivity index (χ0n) is 14.0. The van der Waals surface area contributed by atoms with Gasteiger partial charge in [-0.1, -0.05) is 30.3 Å². The fourth-order valence-electron chi connectivity index (χ4n) is 2.42. The minimum Gasteiger partial charge on any atom is -0.346 e. The van der Waals surface area contributed by atoms with E-state index in [1.807, 2.05) is 44.3 Å². The molecular weight excluding hydrogens is 288 g/mol. The standard InChI is InChI=1S/C18H26N4O/c1-14(19)10-11-18(23)22(2)12-6-9-16-13-17(21-20-16)15-7-4-3-5-8-15/h3-5,7-8,13-14H,6,9-12,19H2,1-2H3,(H,20,21). The van der Waals surface area contributed by atoms with Crippen LogP contribution in [0.15, 0.2) is 36.4 Å². The maximum atomic E-state index is 11.9. The summed E-state index contributed by atoms with van der Waals surface area (Å²) in [6.45, 7) is 2.67. The van der Waals surface area contributed by atoms with Gasteiger partial charge in [0.15, 0.2) is 0 Å². The summed E-state index contributed by atoms with van der Waals surface area (Å²) < 4.78 is 0. The molecule has 1 aromatic carbocycles. The summed E-state index contributed by atoms with van der Waals surface area (Å²) in [6, 6.07) is 12.3. The van der Waals surface area contributed by atoms with Crippen LogP contribution in [0.3, 0.4) is 0 Å². The molecule has 23 heavy (non-hydrogen) atoms. The topological polar surface area (TPSA) is 75.0 Å². The van der Waals surface area contributed by atoms with Crippen LogP contribution >= 0.6 is 0 Å². The van der Waals surface area contributed by atoms with E-state index in [9.17, 15) is 4.79 Å². The summed E-state index contributed by atoms with van der Waals surface area (Å²) in [6.07, 6.45) is 3.06. The number of rotatable bonds is 8. The Labute approximate surface area is 137 Å². The van der Waals surface area contributed by atoms with Crippen molar-refractivity contribution in [1.29, 1.82) is 0 Å². The van der Waals surface area contributed by atoms with Crippen molar-refractivity contribution in [3.05, 3.63) is 42.1 Å². The quantitative estimate of drug-likeness (QED) is 0.786. The van der Waals surface area contributed by atoms with Crippen molar-refractivity contribution >= 4 is 5.91 Å². The van der Waals surface area contributed by atoms with Gasteiger partial charge in [-0.3, -0.25) is 9.89 Å². The number of nitrogens with zero attached hydrogens (tertiary/aromatic N) is 2. The van der Waals surface area contributed by atoms with Crippen LogP contribution in [0.2, 0.25) is 0 Å². The number of carbonyl (C=O) groups excluding carboxylic acids is 1. The van der Waals surface area contributed by atoms with Crippen LogP contribution in [0.25, 0.3) is 11.3 Å². The van der Waals surface area contributed by atoms with Crippen LogP contribution in [0, 0.1) is 0 Å².